The van der Waals surface area contributed by atoms with Gasteiger partial charge < -0.3 is 15.0 Å². The maximum absolute atomic E-state index is 11.8. The van der Waals surface area contributed by atoms with Gasteiger partial charge in [0.1, 0.15) is 11.9 Å². The average molecular weight is 246 g/mol. The Bertz CT molecular complexity index is 489. The van der Waals surface area contributed by atoms with Crippen molar-refractivity contribution in [3.63, 3.8) is 0 Å². The fourth-order valence-electron chi connectivity index (χ4n) is 1.85. The van der Waals surface area contributed by atoms with Gasteiger partial charge >= 0.3 is 0 Å². The number of nitriles is 1. The Morgan fingerprint density at radius 3 is 2.89 bits per heavy atom. The van der Waals surface area contributed by atoms with Crippen LogP contribution in [-0.2, 0) is 4.74 Å². The number of amides is 1. The zero-order chi connectivity index (χ0) is 13.0. The lowest BCUT2D eigenvalue weighted by atomic mass is 10.1. The fraction of sp³-hybridized carbons (Fsp3) is 0.417. The summed E-state index contributed by atoms with van der Waals surface area (Å²) in [7, 11) is 1.56. The normalized spacial score (nSPS) is 15.0. The van der Waals surface area contributed by atoms with Gasteiger partial charge in [-0.05, 0) is 6.07 Å². The summed E-state index contributed by atoms with van der Waals surface area (Å²) in [6, 6.07) is 3.56. The first kappa shape index (κ1) is 12.3. The van der Waals surface area contributed by atoms with E-state index in [0.717, 1.165) is 0 Å². The third kappa shape index (κ3) is 2.41. The molecule has 0 saturated carbocycles. The zero-order valence-corrected chi connectivity index (χ0v) is 10.1. The van der Waals surface area contributed by atoms with E-state index in [1.54, 1.807) is 13.1 Å². The van der Waals surface area contributed by atoms with Crippen molar-refractivity contribution in [2.45, 2.75) is 0 Å². The number of rotatable bonds is 2. The lowest BCUT2D eigenvalue weighted by Crippen LogP contribution is -2.38. The van der Waals surface area contributed by atoms with Crippen LogP contribution in [0.25, 0.3) is 0 Å². The summed E-state index contributed by atoms with van der Waals surface area (Å²) in [5.74, 6) is 0.373. The molecule has 0 radical (unpaired) electrons. The van der Waals surface area contributed by atoms with Crippen LogP contribution in [0.4, 0.5) is 5.82 Å². The van der Waals surface area contributed by atoms with Gasteiger partial charge in [0.25, 0.3) is 5.91 Å². The van der Waals surface area contributed by atoms with Crippen LogP contribution in [0.2, 0.25) is 0 Å². The van der Waals surface area contributed by atoms with Crippen molar-refractivity contribution < 1.29 is 9.53 Å². The van der Waals surface area contributed by atoms with Crippen LogP contribution in [0, 0.1) is 11.3 Å². The third-order valence-corrected chi connectivity index (χ3v) is 2.78. The molecular weight excluding hydrogens is 232 g/mol. The van der Waals surface area contributed by atoms with E-state index < -0.39 is 0 Å². The number of aromatic nitrogens is 1. The van der Waals surface area contributed by atoms with Crippen LogP contribution in [-0.4, -0.2) is 44.2 Å². The van der Waals surface area contributed by atoms with Crippen LogP contribution in [0.1, 0.15) is 15.9 Å². The summed E-state index contributed by atoms with van der Waals surface area (Å²) >= 11 is 0. The van der Waals surface area contributed by atoms with Crippen molar-refractivity contribution in [2.75, 3.05) is 38.3 Å². The van der Waals surface area contributed by atoms with Crippen molar-refractivity contribution in [1.82, 2.24) is 10.3 Å². The van der Waals surface area contributed by atoms with E-state index in [1.807, 2.05) is 11.0 Å². The topological polar surface area (TPSA) is 78.2 Å². The lowest BCUT2D eigenvalue weighted by molar-refractivity contribution is 0.0961. The number of nitrogens with one attached hydrogen (secondary N) is 1. The first-order valence-electron chi connectivity index (χ1n) is 5.71. The second kappa shape index (κ2) is 5.47. The molecule has 6 heteroatoms. The molecule has 1 N–H and O–H groups in total. The molecule has 0 aromatic carbocycles. The molecule has 0 unspecified atom stereocenters. The number of carbonyl (C=O) groups is 1. The van der Waals surface area contributed by atoms with Gasteiger partial charge in [0.15, 0.2) is 0 Å². The number of nitrogens with zero attached hydrogens (tertiary/aromatic N) is 3. The molecule has 6 nitrogen and oxygen atoms in total. The minimum Gasteiger partial charge on any atom is -0.378 e. The standard InChI is InChI=1S/C12H14N4O2/c1-14-12(17)10-6-9(7-13)8-15-11(10)16-2-4-18-5-3-16/h6,8H,2-5H2,1H3,(H,14,17). The molecule has 1 aromatic heterocycles. The van der Waals surface area contributed by atoms with E-state index in [-0.39, 0.29) is 5.91 Å². The van der Waals surface area contributed by atoms with Gasteiger partial charge in [-0.25, -0.2) is 4.98 Å². The molecule has 1 aromatic rings. The number of hydrogen-bond acceptors (Lipinski definition) is 5. The summed E-state index contributed by atoms with van der Waals surface area (Å²) in [6.07, 6.45) is 1.48. The van der Waals surface area contributed by atoms with Crippen molar-refractivity contribution >= 4 is 11.7 Å². The van der Waals surface area contributed by atoms with Gasteiger partial charge in [-0.3, -0.25) is 4.79 Å². The number of morpholine rings is 1. The molecular formula is C12H14N4O2. The number of ether oxygens (including phenoxy) is 1. The van der Waals surface area contributed by atoms with Gasteiger partial charge in [0.05, 0.1) is 24.3 Å². The van der Waals surface area contributed by atoms with Crippen LogP contribution in [0.3, 0.4) is 0 Å². The average Bonchev–Trinajstić information content (AvgIpc) is 2.46. The summed E-state index contributed by atoms with van der Waals surface area (Å²) in [5, 5.41) is 11.4. The van der Waals surface area contributed by atoms with E-state index >= 15 is 0 Å². The maximum atomic E-state index is 11.8. The number of pyridine rings is 1. The lowest BCUT2D eigenvalue weighted by Gasteiger charge is -2.29. The molecule has 1 saturated heterocycles. The minimum absolute atomic E-state index is 0.235. The summed E-state index contributed by atoms with van der Waals surface area (Å²) in [5.41, 5.74) is 0.809. The molecule has 1 amide bonds. The highest BCUT2D eigenvalue weighted by molar-refractivity contribution is 5.99. The van der Waals surface area contributed by atoms with Crippen molar-refractivity contribution in [2.24, 2.45) is 0 Å². The Balaban J connectivity index is 2.39. The monoisotopic (exact) mass is 246 g/mol. The summed E-state index contributed by atoms with van der Waals surface area (Å²) in [6.45, 7) is 2.63. The van der Waals surface area contributed by atoms with E-state index in [2.05, 4.69) is 10.3 Å². The smallest absolute Gasteiger partial charge is 0.254 e. The van der Waals surface area contributed by atoms with Gasteiger partial charge in [-0.1, -0.05) is 0 Å². The predicted octanol–water partition coefficient (Wildman–Crippen LogP) is 0.149. The van der Waals surface area contributed by atoms with E-state index in [4.69, 9.17) is 10.00 Å². The Morgan fingerprint density at radius 2 is 2.28 bits per heavy atom. The van der Waals surface area contributed by atoms with E-state index in [9.17, 15) is 4.79 Å². The molecule has 2 rings (SSSR count). The minimum atomic E-state index is -0.235. The molecule has 94 valence electrons. The first-order chi connectivity index (χ1) is 8.76. The molecule has 0 aliphatic carbocycles. The summed E-state index contributed by atoms with van der Waals surface area (Å²) < 4.78 is 5.27. The third-order valence-electron chi connectivity index (χ3n) is 2.78. The van der Waals surface area contributed by atoms with Gasteiger partial charge in [0.2, 0.25) is 0 Å². The Labute approximate surface area is 105 Å². The highest BCUT2D eigenvalue weighted by Crippen LogP contribution is 2.19. The largest absolute Gasteiger partial charge is 0.378 e. The molecule has 1 fully saturated rings. The SMILES string of the molecule is CNC(=O)c1cc(C#N)cnc1N1CCOCC1. The van der Waals surface area contributed by atoms with Gasteiger partial charge in [-0.15, -0.1) is 0 Å². The van der Waals surface area contributed by atoms with Crippen LogP contribution < -0.4 is 10.2 Å². The molecule has 18 heavy (non-hydrogen) atoms. The van der Waals surface area contributed by atoms with Crippen LogP contribution in [0.15, 0.2) is 12.3 Å². The maximum Gasteiger partial charge on any atom is 0.254 e. The highest BCUT2D eigenvalue weighted by Gasteiger charge is 2.20. The fourth-order valence-corrected chi connectivity index (χ4v) is 1.85. The van der Waals surface area contributed by atoms with Crippen molar-refractivity contribution in [1.29, 1.82) is 5.26 Å². The molecule has 1 aliphatic heterocycles. The molecule has 1 aliphatic rings. The quantitative estimate of drug-likeness (QED) is 0.803. The first-order valence-corrected chi connectivity index (χ1v) is 5.71. The Hall–Kier alpha value is -2.13. The zero-order valence-electron chi connectivity index (χ0n) is 10.1. The van der Waals surface area contributed by atoms with Gasteiger partial charge in [-0.2, -0.15) is 5.26 Å². The molecule has 0 atom stereocenters. The van der Waals surface area contributed by atoms with E-state index in [1.165, 1.54) is 6.20 Å². The Morgan fingerprint density at radius 1 is 1.56 bits per heavy atom. The van der Waals surface area contributed by atoms with Crippen LogP contribution in [0.5, 0.6) is 0 Å². The predicted molar refractivity (Wildman–Crippen MR) is 65.4 cm³/mol. The van der Waals surface area contributed by atoms with Crippen molar-refractivity contribution in [3.05, 3.63) is 23.4 Å². The molecule has 0 spiro atoms. The van der Waals surface area contributed by atoms with Crippen LogP contribution >= 0.6 is 0 Å². The second-order valence-electron chi connectivity index (χ2n) is 3.89. The second-order valence-corrected chi connectivity index (χ2v) is 3.89. The van der Waals surface area contributed by atoms with Crippen molar-refractivity contribution in [3.8, 4) is 6.07 Å². The Kier molecular flexibility index (Phi) is 3.75. The van der Waals surface area contributed by atoms with E-state index in [0.29, 0.717) is 43.2 Å². The van der Waals surface area contributed by atoms with Gasteiger partial charge in [0, 0.05) is 26.3 Å². The summed E-state index contributed by atoms with van der Waals surface area (Å²) in [4.78, 5) is 18.1. The molecule has 0 bridgehead atoms. The molecule has 2 heterocycles. The number of carbonyl (C=O) groups excluding carboxylic acids is 1. The number of hydrogen-bond donors (Lipinski definition) is 1. The highest BCUT2D eigenvalue weighted by atomic mass is 16.5. The number of anilines is 1.